The van der Waals surface area contributed by atoms with Gasteiger partial charge in [-0.2, -0.15) is 0 Å². The lowest BCUT2D eigenvalue weighted by Gasteiger charge is -2.29. The summed E-state index contributed by atoms with van der Waals surface area (Å²) in [5.74, 6) is 1.40. The molecule has 216 valence electrons. The number of carbonyl (C=O) groups excluding carboxylic acids is 1. The van der Waals surface area contributed by atoms with Crippen LogP contribution in [-0.4, -0.2) is 35.6 Å². The lowest BCUT2D eigenvalue weighted by molar-refractivity contribution is -0.127. The lowest BCUT2D eigenvalue weighted by atomic mass is 9.94. The number of methoxy groups -OCH3 is 1. The first kappa shape index (κ1) is 29.4. The van der Waals surface area contributed by atoms with Crippen LogP contribution >= 0.6 is 22.9 Å². The number of halogens is 1. The number of ether oxygens (including phenoxy) is 2. The van der Waals surface area contributed by atoms with Crippen LogP contribution < -0.4 is 24.4 Å². The first-order valence-electron chi connectivity index (χ1n) is 13.8. The summed E-state index contributed by atoms with van der Waals surface area (Å²) in [7, 11) is 1.64. The van der Waals surface area contributed by atoms with Gasteiger partial charge in [-0.1, -0.05) is 59.3 Å². The highest BCUT2D eigenvalue weighted by Gasteiger charge is 2.34. The van der Waals surface area contributed by atoms with Crippen molar-refractivity contribution in [2.24, 2.45) is 4.99 Å². The Hall–Kier alpha value is -4.14. The number of hydrogen-bond acceptors (Lipinski definition) is 6. The van der Waals surface area contributed by atoms with Gasteiger partial charge in [-0.15, -0.1) is 0 Å². The Morgan fingerprint density at radius 1 is 1.00 bits per heavy atom. The van der Waals surface area contributed by atoms with E-state index in [1.165, 1.54) is 11.3 Å². The van der Waals surface area contributed by atoms with E-state index in [0.717, 1.165) is 28.2 Å². The molecule has 5 rings (SSSR count). The molecular formula is C33H32ClN3O4S. The topological polar surface area (TPSA) is 73.1 Å². The van der Waals surface area contributed by atoms with Crippen molar-refractivity contribution in [3.8, 4) is 11.5 Å². The highest BCUT2D eigenvalue weighted by molar-refractivity contribution is 7.07. The number of nitrogens with zero attached hydrogens (tertiary/aromatic N) is 3. The van der Waals surface area contributed by atoms with E-state index in [1.54, 1.807) is 28.7 Å². The molecule has 1 amide bonds. The molecule has 0 unspecified atom stereocenters. The van der Waals surface area contributed by atoms with Crippen LogP contribution in [0.2, 0.25) is 5.02 Å². The van der Waals surface area contributed by atoms with Gasteiger partial charge < -0.3 is 14.4 Å². The quantitative estimate of drug-likeness (QED) is 0.259. The van der Waals surface area contributed by atoms with Crippen LogP contribution in [-0.2, 0) is 11.4 Å². The number of rotatable bonds is 9. The fourth-order valence-corrected chi connectivity index (χ4v) is 6.11. The Balaban J connectivity index is 1.48. The van der Waals surface area contributed by atoms with Crippen molar-refractivity contribution in [1.82, 2.24) is 9.47 Å². The second-order valence-corrected chi connectivity index (χ2v) is 11.3. The fraction of sp³-hybridized carbons (Fsp3) is 0.242. The minimum absolute atomic E-state index is 0.124. The highest BCUT2D eigenvalue weighted by atomic mass is 35.5. The highest BCUT2D eigenvalue weighted by Crippen LogP contribution is 2.32. The maximum absolute atomic E-state index is 13.9. The third-order valence-electron chi connectivity index (χ3n) is 7.23. The normalized spacial score (nSPS) is 14.8. The Morgan fingerprint density at radius 2 is 1.64 bits per heavy atom. The SMILES string of the molecule is CCN(CC)C(=O)C1=C(C)N=c2s/c(=C/c3ccc(OCc4ccc(OC)cc4)cc3)c(=O)n2[C@@H]1c1ccc(Cl)cc1. The molecule has 3 aromatic carbocycles. The van der Waals surface area contributed by atoms with E-state index in [0.29, 0.717) is 45.3 Å². The molecule has 0 saturated carbocycles. The average molecular weight is 602 g/mol. The van der Waals surface area contributed by atoms with Crippen molar-refractivity contribution >= 4 is 34.9 Å². The summed E-state index contributed by atoms with van der Waals surface area (Å²) in [6.07, 6.45) is 1.85. The molecule has 0 spiro atoms. The van der Waals surface area contributed by atoms with Crippen LogP contribution in [0.15, 0.2) is 93.9 Å². The molecular weight excluding hydrogens is 570 g/mol. The predicted molar refractivity (Wildman–Crippen MR) is 167 cm³/mol. The van der Waals surface area contributed by atoms with Crippen LogP contribution in [0.4, 0.5) is 0 Å². The summed E-state index contributed by atoms with van der Waals surface area (Å²) in [4.78, 5) is 34.6. The van der Waals surface area contributed by atoms with Gasteiger partial charge in [0.2, 0.25) is 0 Å². The van der Waals surface area contributed by atoms with Gasteiger partial charge in [-0.05, 0) is 79.9 Å². The van der Waals surface area contributed by atoms with Gasteiger partial charge in [0.05, 0.1) is 29.0 Å². The molecule has 42 heavy (non-hydrogen) atoms. The summed E-state index contributed by atoms with van der Waals surface area (Å²) in [5, 5.41) is 0.583. The van der Waals surface area contributed by atoms with E-state index in [4.69, 9.17) is 26.1 Å². The standard InChI is InChI=1S/C33H32ClN3O4S/c1-5-36(6-2)32(39)29-21(3)35-33-37(30(29)24-11-13-25(34)14-12-24)31(38)28(42-33)19-22-7-17-27(18-8-22)41-20-23-9-15-26(40-4)16-10-23/h7-19,30H,5-6,20H2,1-4H3/b28-19+/t30-/m1/s1. The summed E-state index contributed by atoms with van der Waals surface area (Å²) < 4.78 is 13.3. The summed E-state index contributed by atoms with van der Waals surface area (Å²) in [5.41, 5.74) is 3.60. The van der Waals surface area contributed by atoms with Gasteiger partial charge in [0.25, 0.3) is 11.5 Å². The Kier molecular flexibility index (Phi) is 8.94. The molecule has 9 heteroatoms. The zero-order valence-electron chi connectivity index (χ0n) is 24.0. The summed E-state index contributed by atoms with van der Waals surface area (Å²) >= 11 is 7.49. The number of benzene rings is 3. The molecule has 0 bridgehead atoms. The molecule has 0 radical (unpaired) electrons. The molecule has 2 heterocycles. The monoisotopic (exact) mass is 601 g/mol. The largest absolute Gasteiger partial charge is 0.497 e. The van der Waals surface area contributed by atoms with E-state index in [2.05, 4.69) is 0 Å². The number of hydrogen-bond donors (Lipinski definition) is 0. The third-order valence-corrected chi connectivity index (χ3v) is 8.47. The maximum atomic E-state index is 13.9. The number of allylic oxidation sites excluding steroid dienone is 1. The zero-order chi connectivity index (χ0) is 29.8. The molecule has 0 fully saturated rings. The predicted octanol–water partition coefficient (Wildman–Crippen LogP) is 5.34. The van der Waals surface area contributed by atoms with E-state index in [9.17, 15) is 9.59 Å². The van der Waals surface area contributed by atoms with Crippen LogP contribution in [0.25, 0.3) is 6.08 Å². The van der Waals surface area contributed by atoms with Gasteiger partial charge in [-0.3, -0.25) is 14.2 Å². The van der Waals surface area contributed by atoms with Crippen molar-refractivity contribution in [2.75, 3.05) is 20.2 Å². The zero-order valence-corrected chi connectivity index (χ0v) is 25.5. The molecule has 1 aliphatic heterocycles. The van der Waals surface area contributed by atoms with Crippen molar-refractivity contribution in [1.29, 1.82) is 0 Å². The molecule has 0 saturated heterocycles. The van der Waals surface area contributed by atoms with Gasteiger partial charge >= 0.3 is 0 Å². The second-order valence-electron chi connectivity index (χ2n) is 9.82. The molecule has 1 atom stereocenters. The first-order chi connectivity index (χ1) is 20.3. The van der Waals surface area contributed by atoms with E-state index < -0.39 is 6.04 Å². The van der Waals surface area contributed by atoms with Crippen LogP contribution in [0, 0.1) is 0 Å². The molecule has 1 aliphatic rings. The van der Waals surface area contributed by atoms with Crippen LogP contribution in [0.5, 0.6) is 11.5 Å². The molecule has 4 aromatic rings. The number of amides is 1. The van der Waals surface area contributed by atoms with E-state index >= 15 is 0 Å². The minimum Gasteiger partial charge on any atom is -0.497 e. The number of fused-ring (bicyclic) bond motifs is 1. The fourth-order valence-electron chi connectivity index (χ4n) is 4.94. The van der Waals surface area contributed by atoms with Gasteiger partial charge in [0.15, 0.2) is 4.80 Å². The minimum atomic E-state index is -0.609. The van der Waals surface area contributed by atoms with E-state index in [1.807, 2.05) is 87.5 Å². The number of aromatic nitrogens is 1. The van der Waals surface area contributed by atoms with Crippen LogP contribution in [0.1, 0.15) is 43.5 Å². The van der Waals surface area contributed by atoms with Crippen molar-refractivity contribution in [3.05, 3.63) is 125 Å². The molecule has 0 aliphatic carbocycles. The summed E-state index contributed by atoms with van der Waals surface area (Å²) in [6, 6.07) is 22.0. The van der Waals surface area contributed by atoms with Crippen molar-refractivity contribution in [3.63, 3.8) is 0 Å². The lowest BCUT2D eigenvalue weighted by Crippen LogP contribution is -2.43. The third kappa shape index (κ3) is 6.05. The Labute approximate surface area is 253 Å². The van der Waals surface area contributed by atoms with E-state index in [-0.39, 0.29) is 11.5 Å². The van der Waals surface area contributed by atoms with Gasteiger partial charge in [0, 0.05) is 18.1 Å². The Bertz CT molecular complexity index is 1790. The summed E-state index contributed by atoms with van der Waals surface area (Å²) in [6.45, 7) is 7.27. The number of carbonyl (C=O) groups is 1. The maximum Gasteiger partial charge on any atom is 0.271 e. The molecule has 0 N–H and O–H groups in total. The number of likely N-dealkylation sites (N-methyl/N-ethyl adjacent to an activating group) is 1. The van der Waals surface area contributed by atoms with Gasteiger partial charge in [-0.25, -0.2) is 4.99 Å². The average Bonchev–Trinajstić information content (AvgIpc) is 3.31. The van der Waals surface area contributed by atoms with Crippen LogP contribution in [0.3, 0.4) is 0 Å². The molecule has 1 aromatic heterocycles. The second kappa shape index (κ2) is 12.8. The van der Waals surface area contributed by atoms with Crippen molar-refractivity contribution < 1.29 is 14.3 Å². The van der Waals surface area contributed by atoms with Crippen molar-refractivity contribution in [2.45, 2.75) is 33.4 Å². The Morgan fingerprint density at radius 3 is 2.26 bits per heavy atom. The van der Waals surface area contributed by atoms with Gasteiger partial charge in [0.1, 0.15) is 18.1 Å². The smallest absolute Gasteiger partial charge is 0.271 e. The first-order valence-corrected chi connectivity index (χ1v) is 15.0. The molecule has 7 nitrogen and oxygen atoms in total. The number of thiazole rings is 1.